The van der Waals surface area contributed by atoms with Crippen LogP contribution >= 0.6 is 0 Å². The number of benzene rings is 1. The summed E-state index contributed by atoms with van der Waals surface area (Å²) in [5, 5.41) is 13.9. The Kier molecular flexibility index (Phi) is 5.07. The molecule has 0 bridgehead atoms. The number of hydrogen-bond acceptors (Lipinski definition) is 6. The van der Waals surface area contributed by atoms with Crippen molar-refractivity contribution in [1.29, 1.82) is 0 Å². The molecule has 7 nitrogen and oxygen atoms in total. The van der Waals surface area contributed by atoms with Gasteiger partial charge in [-0.2, -0.15) is 0 Å². The molecule has 2 heterocycles. The van der Waals surface area contributed by atoms with Crippen molar-refractivity contribution in [3.63, 3.8) is 0 Å². The summed E-state index contributed by atoms with van der Waals surface area (Å²) in [5.41, 5.74) is 2.61. The minimum atomic E-state index is -3.56. The molecular weight excluding hydrogens is 366 g/mol. The van der Waals surface area contributed by atoms with E-state index in [9.17, 15) is 13.5 Å². The zero-order chi connectivity index (χ0) is 19.0. The summed E-state index contributed by atoms with van der Waals surface area (Å²) in [5.74, 6) is 0.857. The molecule has 27 heavy (non-hydrogen) atoms. The highest BCUT2D eigenvalue weighted by Crippen LogP contribution is 2.27. The minimum Gasteiger partial charge on any atom is -0.392 e. The van der Waals surface area contributed by atoms with E-state index in [-0.39, 0.29) is 12.1 Å². The molecule has 1 aromatic heterocycles. The van der Waals surface area contributed by atoms with Gasteiger partial charge >= 0.3 is 0 Å². The number of aliphatic hydroxyl groups is 1. The number of nitrogens with zero attached hydrogens (tertiary/aromatic N) is 2. The number of fused-ring (bicyclic) bond motifs is 1. The Labute approximate surface area is 159 Å². The van der Waals surface area contributed by atoms with Crippen molar-refractivity contribution in [2.24, 2.45) is 0 Å². The number of β-amino-alcohol motifs (C(OH)–C–C–N with tert-alkyl or cyclic N) is 1. The molecule has 0 radical (unpaired) electrons. The molecule has 1 aromatic carbocycles. The maximum Gasteiger partial charge on any atom is 0.241 e. The second kappa shape index (κ2) is 7.35. The molecule has 146 valence electrons. The fourth-order valence-corrected chi connectivity index (χ4v) is 5.51. The van der Waals surface area contributed by atoms with Crippen LogP contribution in [-0.2, 0) is 29.4 Å². The maximum atomic E-state index is 12.8. The molecule has 2 aliphatic rings. The summed E-state index contributed by atoms with van der Waals surface area (Å²) in [6, 6.07) is 6.83. The summed E-state index contributed by atoms with van der Waals surface area (Å²) in [7, 11) is -3.56. The quantitative estimate of drug-likeness (QED) is 0.800. The predicted molar refractivity (Wildman–Crippen MR) is 99.7 cm³/mol. The molecule has 2 aromatic rings. The number of nitrogens with one attached hydrogen (secondary N) is 1. The number of rotatable bonds is 5. The Morgan fingerprint density at radius 3 is 2.89 bits per heavy atom. The lowest BCUT2D eigenvalue weighted by Crippen LogP contribution is -2.39. The first kappa shape index (κ1) is 18.6. The van der Waals surface area contributed by atoms with Gasteiger partial charge in [-0.05, 0) is 37.8 Å². The molecule has 2 N–H and O–H groups in total. The monoisotopic (exact) mass is 391 g/mol. The van der Waals surface area contributed by atoms with E-state index in [4.69, 9.17) is 4.52 Å². The van der Waals surface area contributed by atoms with Crippen molar-refractivity contribution in [1.82, 2.24) is 14.8 Å². The molecule has 1 unspecified atom stereocenters. The minimum absolute atomic E-state index is 0.176. The van der Waals surface area contributed by atoms with Crippen molar-refractivity contribution < 1.29 is 18.0 Å². The molecule has 8 heteroatoms. The zero-order valence-corrected chi connectivity index (χ0v) is 16.2. The van der Waals surface area contributed by atoms with Crippen LogP contribution in [0.1, 0.15) is 35.4 Å². The van der Waals surface area contributed by atoms with Gasteiger partial charge in [-0.15, -0.1) is 0 Å². The second-order valence-electron chi connectivity index (χ2n) is 7.54. The normalized spacial score (nSPS) is 23.5. The number of sulfonamides is 1. The summed E-state index contributed by atoms with van der Waals surface area (Å²) >= 11 is 0. The Morgan fingerprint density at radius 1 is 1.33 bits per heavy atom. The van der Waals surface area contributed by atoms with Crippen molar-refractivity contribution in [2.45, 2.75) is 56.2 Å². The van der Waals surface area contributed by atoms with E-state index < -0.39 is 10.0 Å². The third-order valence-electron chi connectivity index (χ3n) is 5.45. The van der Waals surface area contributed by atoms with Gasteiger partial charge in [-0.3, -0.25) is 4.90 Å². The van der Waals surface area contributed by atoms with Crippen LogP contribution in [0.4, 0.5) is 0 Å². The summed E-state index contributed by atoms with van der Waals surface area (Å²) < 4.78 is 33.9. The first-order chi connectivity index (χ1) is 12.9. The van der Waals surface area contributed by atoms with Gasteiger partial charge in [0.2, 0.25) is 10.0 Å². The number of aliphatic hydroxyl groups excluding tert-OH is 1. The lowest BCUT2D eigenvalue weighted by atomic mass is 9.92. The van der Waals surface area contributed by atoms with E-state index in [1.54, 1.807) is 25.1 Å². The standard InChI is InChI=1S/C19H25N3O4S/c1-13-4-2-3-5-19(13)27(24,25)21-14-6-7-18-16(10-14)17(20-26-18)12-22-9-8-15(23)11-22/h2-5,14-15,21,23H,6-12H2,1H3/t14?,15-/m1/s1. The van der Waals surface area contributed by atoms with Gasteiger partial charge < -0.3 is 9.63 Å². The molecule has 1 fully saturated rings. The fraction of sp³-hybridized carbons (Fsp3) is 0.526. The Balaban J connectivity index is 1.48. The Bertz CT molecular complexity index is 925. The van der Waals surface area contributed by atoms with Crippen LogP contribution in [0.25, 0.3) is 0 Å². The van der Waals surface area contributed by atoms with E-state index in [2.05, 4.69) is 14.8 Å². The third kappa shape index (κ3) is 3.94. The van der Waals surface area contributed by atoms with Crippen LogP contribution in [0.2, 0.25) is 0 Å². The van der Waals surface area contributed by atoms with E-state index in [0.29, 0.717) is 37.2 Å². The highest BCUT2D eigenvalue weighted by atomic mass is 32.2. The Morgan fingerprint density at radius 2 is 2.15 bits per heavy atom. The van der Waals surface area contributed by atoms with Crippen LogP contribution in [0, 0.1) is 6.92 Å². The van der Waals surface area contributed by atoms with Gasteiger partial charge in [0.1, 0.15) is 11.5 Å². The smallest absolute Gasteiger partial charge is 0.241 e. The van der Waals surface area contributed by atoms with Gasteiger partial charge in [0.15, 0.2) is 0 Å². The molecule has 1 saturated heterocycles. The van der Waals surface area contributed by atoms with Gasteiger partial charge in [0.05, 0.1) is 11.0 Å². The van der Waals surface area contributed by atoms with E-state index in [0.717, 1.165) is 35.5 Å². The van der Waals surface area contributed by atoms with E-state index >= 15 is 0 Å². The van der Waals surface area contributed by atoms with Crippen LogP contribution in [-0.4, -0.2) is 48.8 Å². The van der Waals surface area contributed by atoms with Crippen LogP contribution in [0.15, 0.2) is 33.7 Å². The molecule has 1 aliphatic carbocycles. The molecule has 4 rings (SSSR count). The van der Waals surface area contributed by atoms with Crippen molar-refractivity contribution in [2.75, 3.05) is 13.1 Å². The van der Waals surface area contributed by atoms with Crippen molar-refractivity contribution in [3.05, 3.63) is 46.8 Å². The van der Waals surface area contributed by atoms with Crippen LogP contribution in [0.3, 0.4) is 0 Å². The topological polar surface area (TPSA) is 95.7 Å². The molecule has 2 atom stereocenters. The average Bonchev–Trinajstić information content (AvgIpc) is 3.21. The SMILES string of the molecule is Cc1ccccc1S(=O)(=O)NC1CCc2onc(CN3CC[C@@H](O)C3)c2C1. The highest BCUT2D eigenvalue weighted by Gasteiger charge is 2.31. The first-order valence-corrected chi connectivity index (χ1v) is 10.9. The number of aryl methyl sites for hydroxylation is 2. The van der Waals surface area contributed by atoms with Gasteiger partial charge in [-0.25, -0.2) is 13.1 Å². The van der Waals surface area contributed by atoms with Gasteiger partial charge in [-0.1, -0.05) is 23.4 Å². The van der Waals surface area contributed by atoms with E-state index in [1.807, 2.05) is 6.07 Å². The Hall–Kier alpha value is -1.74. The van der Waals surface area contributed by atoms with Crippen LogP contribution < -0.4 is 4.72 Å². The van der Waals surface area contributed by atoms with Crippen LogP contribution in [0.5, 0.6) is 0 Å². The lowest BCUT2D eigenvalue weighted by Gasteiger charge is -2.23. The van der Waals surface area contributed by atoms with Crippen molar-refractivity contribution in [3.8, 4) is 0 Å². The third-order valence-corrected chi connectivity index (χ3v) is 7.13. The molecule has 0 amide bonds. The molecule has 0 spiro atoms. The van der Waals surface area contributed by atoms with Gasteiger partial charge in [0, 0.05) is 37.7 Å². The lowest BCUT2D eigenvalue weighted by molar-refractivity contribution is 0.173. The summed E-state index contributed by atoms with van der Waals surface area (Å²) in [6.45, 7) is 3.92. The molecule has 1 aliphatic heterocycles. The predicted octanol–water partition coefficient (Wildman–Crippen LogP) is 1.39. The zero-order valence-electron chi connectivity index (χ0n) is 15.4. The summed E-state index contributed by atoms with van der Waals surface area (Å²) in [6.07, 6.45) is 2.44. The van der Waals surface area contributed by atoms with Gasteiger partial charge in [0.25, 0.3) is 0 Å². The first-order valence-electron chi connectivity index (χ1n) is 9.37. The number of likely N-dealkylation sites (tertiary alicyclic amines) is 1. The fourth-order valence-electron chi connectivity index (χ4n) is 4.00. The second-order valence-corrected chi connectivity index (χ2v) is 9.22. The van der Waals surface area contributed by atoms with E-state index in [1.165, 1.54) is 0 Å². The number of hydrogen-bond donors (Lipinski definition) is 2. The average molecular weight is 391 g/mol. The number of aromatic nitrogens is 1. The maximum absolute atomic E-state index is 12.8. The molecule has 0 saturated carbocycles. The largest absolute Gasteiger partial charge is 0.392 e. The highest BCUT2D eigenvalue weighted by molar-refractivity contribution is 7.89. The van der Waals surface area contributed by atoms with Crippen molar-refractivity contribution >= 4 is 10.0 Å². The molecular formula is C19H25N3O4S. The summed E-state index contributed by atoms with van der Waals surface area (Å²) in [4.78, 5) is 2.48.